The molecule has 0 bridgehead atoms. The molecule has 0 amide bonds. The number of likely N-dealkylation sites (tertiary alicyclic amines) is 1. The van der Waals surface area contributed by atoms with Crippen molar-refractivity contribution in [2.45, 2.75) is 25.7 Å². The van der Waals surface area contributed by atoms with Gasteiger partial charge in [-0.05, 0) is 81.7 Å². The normalized spacial score (nSPS) is 15.3. The number of halogens is 1. The fourth-order valence-corrected chi connectivity index (χ4v) is 4.21. The quantitative estimate of drug-likeness (QED) is 0.525. The summed E-state index contributed by atoms with van der Waals surface area (Å²) in [4.78, 5) is 27.7. The molecule has 0 N–H and O–H groups in total. The molecule has 2 aromatic carbocycles. The number of benzene rings is 2. The first-order valence-corrected chi connectivity index (χ1v) is 10.7. The lowest BCUT2D eigenvalue weighted by atomic mass is 9.89. The number of carbonyl (C=O) groups is 1. The van der Waals surface area contributed by atoms with Crippen LogP contribution in [0.1, 0.15) is 35.2 Å². The van der Waals surface area contributed by atoms with Crippen LogP contribution in [0.25, 0.3) is 11.0 Å². The Labute approximate surface area is 180 Å². The van der Waals surface area contributed by atoms with E-state index in [1.165, 1.54) is 12.1 Å². The van der Waals surface area contributed by atoms with Gasteiger partial charge in [0.2, 0.25) is 0 Å². The molecule has 2 heterocycles. The molecule has 6 heteroatoms. The highest BCUT2D eigenvalue weighted by Gasteiger charge is 2.25. The number of fused-ring (bicyclic) bond motifs is 1. The van der Waals surface area contributed by atoms with Crippen LogP contribution >= 0.6 is 0 Å². The number of hydrogen-bond acceptors (Lipinski definition) is 5. The van der Waals surface area contributed by atoms with Gasteiger partial charge in [0, 0.05) is 23.1 Å². The van der Waals surface area contributed by atoms with Crippen molar-refractivity contribution in [3.63, 3.8) is 0 Å². The Morgan fingerprint density at radius 1 is 1.16 bits per heavy atom. The van der Waals surface area contributed by atoms with E-state index in [4.69, 9.17) is 9.15 Å². The number of Topliss-reactive ketones (excluding diaryl/α,β-unsaturated/α-hetero) is 1. The standard InChI is InChI=1S/C25H26FNO4/c1-30-21-8-9-22-23(15-21)31-16-19(25(22)29)3-2-12-27-13-10-18(11-14-27)24(28)17-4-6-20(26)7-5-17/h4-9,15-16,18H,2-3,10-14H2,1H3. The molecular weight excluding hydrogens is 397 g/mol. The van der Waals surface area contributed by atoms with Crippen molar-refractivity contribution in [2.24, 2.45) is 5.92 Å². The second kappa shape index (κ2) is 9.43. The summed E-state index contributed by atoms with van der Waals surface area (Å²) < 4.78 is 23.9. The lowest BCUT2D eigenvalue weighted by Gasteiger charge is -2.31. The molecule has 3 aromatic rings. The average molecular weight is 423 g/mol. The first-order chi connectivity index (χ1) is 15.0. The first kappa shape index (κ1) is 21.2. The van der Waals surface area contributed by atoms with Crippen molar-refractivity contribution in [3.8, 4) is 5.75 Å². The third-order valence-electron chi connectivity index (χ3n) is 6.06. The van der Waals surface area contributed by atoms with E-state index in [2.05, 4.69) is 4.90 Å². The predicted octanol–water partition coefficient (Wildman–Crippen LogP) is 4.47. The van der Waals surface area contributed by atoms with Crippen LogP contribution in [0.15, 0.2) is 57.9 Å². The van der Waals surface area contributed by atoms with Crippen LogP contribution < -0.4 is 10.2 Å². The Balaban J connectivity index is 1.28. The average Bonchev–Trinajstić information content (AvgIpc) is 2.81. The lowest BCUT2D eigenvalue weighted by molar-refractivity contribution is 0.0839. The number of piperidine rings is 1. The second-order valence-electron chi connectivity index (χ2n) is 8.04. The number of nitrogens with zero attached hydrogens (tertiary/aromatic N) is 1. The molecule has 5 nitrogen and oxygen atoms in total. The maximum Gasteiger partial charge on any atom is 0.195 e. The highest BCUT2D eigenvalue weighted by atomic mass is 19.1. The number of aryl methyl sites for hydroxylation is 1. The number of methoxy groups -OCH3 is 1. The lowest BCUT2D eigenvalue weighted by Crippen LogP contribution is -2.37. The van der Waals surface area contributed by atoms with Gasteiger partial charge in [-0.2, -0.15) is 0 Å². The van der Waals surface area contributed by atoms with Crippen LogP contribution in [-0.2, 0) is 6.42 Å². The fourth-order valence-electron chi connectivity index (χ4n) is 4.21. The second-order valence-corrected chi connectivity index (χ2v) is 8.04. The van der Waals surface area contributed by atoms with Gasteiger partial charge in [-0.15, -0.1) is 0 Å². The summed E-state index contributed by atoms with van der Waals surface area (Å²) in [5.74, 6) is 0.424. The molecule has 1 saturated heterocycles. The number of ketones is 1. The van der Waals surface area contributed by atoms with E-state index in [-0.39, 0.29) is 22.9 Å². The molecule has 1 fully saturated rings. The molecule has 0 atom stereocenters. The minimum Gasteiger partial charge on any atom is -0.497 e. The van der Waals surface area contributed by atoms with Crippen molar-refractivity contribution in [2.75, 3.05) is 26.7 Å². The zero-order chi connectivity index (χ0) is 21.8. The third kappa shape index (κ3) is 4.85. The summed E-state index contributed by atoms with van der Waals surface area (Å²) in [6.07, 6.45) is 4.66. The van der Waals surface area contributed by atoms with Gasteiger partial charge in [-0.1, -0.05) is 0 Å². The van der Waals surface area contributed by atoms with E-state index in [9.17, 15) is 14.0 Å². The molecule has 4 rings (SSSR count). The Hall–Kier alpha value is -2.99. The molecule has 0 saturated carbocycles. The van der Waals surface area contributed by atoms with E-state index in [0.717, 1.165) is 38.9 Å². The van der Waals surface area contributed by atoms with Crippen molar-refractivity contribution >= 4 is 16.8 Å². The van der Waals surface area contributed by atoms with Crippen LogP contribution in [0, 0.1) is 11.7 Å². The van der Waals surface area contributed by atoms with Crippen LogP contribution in [0.5, 0.6) is 5.75 Å². The minimum atomic E-state index is -0.327. The summed E-state index contributed by atoms with van der Waals surface area (Å²) in [6, 6.07) is 11.0. The zero-order valence-electron chi connectivity index (χ0n) is 17.6. The monoisotopic (exact) mass is 423 g/mol. The molecule has 0 radical (unpaired) electrons. The van der Waals surface area contributed by atoms with Crippen LogP contribution in [-0.4, -0.2) is 37.4 Å². The van der Waals surface area contributed by atoms with Gasteiger partial charge in [0.25, 0.3) is 0 Å². The van der Waals surface area contributed by atoms with Crippen LogP contribution in [0.2, 0.25) is 0 Å². The van der Waals surface area contributed by atoms with Gasteiger partial charge in [-0.25, -0.2) is 4.39 Å². The summed E-state index contributed by atoms with van der Waals surface area (Å²) in [5, 5.41) is 0.568. The molecule has 31 heavy (non-hydrogen) atoms. The number of hydrogen-bond donors (Lipinski definition) is 0. The topological polar surface area (TPSA) is 59.8 Å². The number of rotatable bonds is 7. The first-order valence-electron chi connectivity index (χ1n) is 10.7. The van der Waals surface area contributed by atoms with Crippen molar-refractivity contribution < 1.29 is 18.3 Å². The van der Waals surface area contributed by atoms with Gasteiger partial charge < -0.3 is 14.1 Å². The van der Waals surface area contributed by atoms with E-state index in [1.54, 1.807) is 43.7 Å². The summed E-state index contributed by atoms with van der Waals surface area (Å²) in [7, 11) is 1.58. The summed E-state index contributed by atoms with van der Waals surface area (Å²) >= 11 is 0. The third-order valence-corrected chi connectivity index (χ3v) is 6.06. The summed E-state index contributed by atoms with van der Waals surface area (Å²) in [5.41, 5.74) is 1.80. The van der Waals surface area contributed by atoms with E-state index < -0.39 is 0 Å². The SMILES string of the molecule is COc1ccc2c(=O)c(CCCN3CCC(C(=O)c4ccc(F)cc4)CC3)coc2c1. The highest BCUT2D eigenvalue weighted by Crippen LogP contribution is 2.23. The van der Waals surface area contributed by atoms with Gasteiger partial charge >= 0.3 is 0 Å². The Morgan fingerprint density at radius 2 is 1.90 bits per heavy atom. The Kier molecular flexibility index (Phi) is 6.47. The minimum absolute atomic E-state index is 0.00695. The molecule has 1 aromatic heterocycles. The van der Waals surface area contributed by atoms with Crippen molar-refractivity contribution in [1.29, 1.82) is 0 Å². The maximum atomic E-state index is 13.1. The van der Waals surface area contributed by atoms with Crippen LogP contribution in [0.3, 0.4) is 0 Å². The molecule has 0 aliphatic carbocycles. The van der Waals surface area contributed by atoms with Gasteiger partial charge in [-0.3, -0.25) is 9.59 Å². The largest absolute Gasteiger partial charge is 0.497 e. The van der Waals surface area contributed by atoms with Gasteiger partial charge in [0.1, 0.15) is 17.1 Å². The van der Waals surface area contributed by atoms with Crippen LogP contribution in [0.4, 0.5) is 4.39 Å². The zero-order valence-corrected chi connectivity index (χ0v) is 17.6. The summed E-state index contributed by atoms with van der Waals surface area (Å²) in [6.45, 7) is 2.57. The smallest absolute Gasteiger partial charge is 0.195 e. The number of carbonyl (C=O) groups excluding carboxylic acids is 1. The molecule has 1 aliphatic rings. The van der Waals surface area contributed by atoms with E-state index >= 15 is 0 Å². The fraction of sp³-hybridized carbons (Fsp3) is 0.360. The molecule has 1 aliphatic heterocycles. The molecule has 0 spiro atoms. The Bertz CT molecular complexity index is 1110. The molecule has 0 unspecified atom stereocenters. The number of ether oxygens (including phenoxy) is 1. The van der Waals surface area contributed by atoms with Gasteiger partial charge in [0.15, 0.2) is 11.2 Å². The van der Waals surface area contributed by atoms with E-state index in [1.807, 2.05) is 0 Å². The van der Waals surface area contributed by atoms with Crippen molar-refractivity contribution in [3.05, 3.63) is 75.9 Å². The predicted molar refractivity (Wildman–Crippen MR) is 117 cm³/mol. The molecule has 162 valence electrons. The highest BCUT2D eigenvalue weighted by molar-refractivity contribution is 5.97. The van der Waals surface area contributed by atoms with Gasteiger partial charge in [0.05, 0.1) is 18.8 Å². The maximum absolute atomic E-state index is 13.1. The van der Waals surface area contributed by atoms with Crippen molar-refractivity contribution in [1.82, 2.24) is 4.90 Å². The molecular formula is C25H26FNO4. The van der Waals surface area contributed by atoms with E-state index in [0.29, 0.717) is 34.3 Å². The Morgan fingerprint density at radius 3 is 2.61 bits per heavy atom.